The van der Waals surface area contributed by atoms with Crippen LogP contribution in [-0.4, -0.2) is 29.2 Å². The van der Waals surface area contributed by atoms with Crippen LogP contribution in [0.1, 0.15) is 25.7 Å². The van der Waals surface area contributed by atoms with E-state index in [2.05, 4.69) is 21.2 Å². The molecule has 1 heterocycles. The highest BCUT2D eigenvalue weighted by Crippen LogP contribution is 2.35. The molecule has 0 aromatic heterocycles. The standard InChI is InChI=1S/C18H19BrN2O3/c19-14-8-3-4-9-15(14)20-16(22)10-5-11-21-17(23)12-6-1-2-7-13(12)18(21)24/h1-4,8-9,12-13H,5-7,10-11H2,(H,20,22)/t12-,13-/m1/s1. The zero-order valence-corrected chi connectivity index (χ0v) is 14.8. The minimum atomic E-state index is -0.198. The number of nitrogens with one attached hydrogen (secondary N) is 1. The monoisotopic (exact) mass is 390 g/mol. The number of hydrogen-bond donors (Lipinski definition) is 1. The zero-order chi connectivity index (χ0) is 17.1. The fourth-order valence-corrected chi connectivity index (χ4v) is 3.65. The summed E-state index contributed by atoms with van der Waals surface area (Å²) in [6, 6.07) is 7.39. The van der Waals surface area contributed by atoms with E-state index in [0.717, 1.165) is 4.47 Å². The normalized spacial score (nSPS) is 22.6. The van der Waals surface area contributed by atoms with Crippen molar-refractivity contribution in [2.75, 3.05) is 11.9 Å². The molecular formula is C18H19BrN2O3. The van der Waals surface area contributed by atoms with Crippen molar-refractivity contribution in [1.82, 2.24) is 4.90 Å². The summed E-state index contributed by atoms with van der Waals surface area (Å²) in [4.78, 5) is 38.0. The number of rotatable bonds is 5. The van der Waals surface area contributed by atoms with E-state index >= 15 is 0 Å². The van der Waals surface area contributed by atoms with E-state index in [1.807, 2.05) is 36.4 Å². The summed E-state index contributed by atoms with van der Waals surface area (Å²) in [6.45, 7) is 0.314. The van der Waals surface area contributed by atoms with Gasteiger partial charge in [-0.15, -0.1) is 0 Å². The number of hydrogen-bond acceptors (Lipinski definition) is 3. The van der Waals surface area contributed by atoms with Gasteiger partial charge in [0.25, 0.3) is 0 Å². The van der Waals surface area contributed by atoms with Gasteiger partial charge in [-0.3, -0.25) is 19.3 Å². The van der Waals surface area contributed by atoms with Crippen LogP contribution in [0.15, 0.2) is 40.9 Å². The summed E-state index contributed by atoms with van der Waals surface area (Å²) in [5.74, 6) is -0.686. The number of halogens is 1. The van der Waals surface area contributed by atoms with Gasteiger partial charge < -0.3 is 5.32 Å². The molecule has 126 valence electrons. The predicted octanol–water partition coefficient (Wildman–Crippen LogP) is 3.12. The first-order valence-electron chi connectivity index (χ1n) is 8.12. The lowest BCUT2D eigenvalue weighted by molar-refractivity contribution is -0.140. The molecule has 0 radical (unpaired) electrons. The number of imide groups is 1. The van der Waals surface area contributed by atoms with Crippen LogP contribution in [0.5, 0.6) is 0 Å². The Balaban J connectivity index is 1.50. The molecule has 5 nitrogen and oxygen atoms in total. The van der Waals surface area contributed by atoms with Crippen LogP contribution in [0.25, 0.3) is 0 Å². The quantitative estimate of drug-likeness (QED) is 0.620. The van der Waals surface area contributed by atoms with E-state index in [0.29, 0.717) is 31.5 Å². The van der Waals surface area contributed by atoms with Crippen LogP contribution < -0.4 is 5.32 Å². The first kappa shape index (κ1) is 16.9. The maximum Gasteiger partial charge on any atom is 0.233 e. The maximum absolute atomic E-state index is 12.3. The second kappa shape index (κ2) is 7.30. The van der Waals surface area contributed by atoms with Gasteiger partial charge in [0, 0.05) is 17.4 Å². The Morgan fingerprint density at radius 3 is 2.38 bits per heavy atom. The molecule has 3 amide bonds. The molecule has 0 unspecified atom stereocenters. The van der Waals surface area contributed by atoms with E-state index < -0.39 is 0 Å². The first-order valence-corrected chi connectivity index (χ1v) is 8.92. The molecule has 2 atom stereocenters. The molecule has 0 bridgehead atoms. The van der Waals surface area contributed by atoms with Crippen molar-refractivity contribution in [3.63, 3.8) is 0 Å². The fourth-order valence-electron chi connectivity index (χ4n) is 3.26. The number of benzene rings is 1. The van der Waals surface area contributed by atoms with Crippen molar-refractivity contribution in [2.24, 2.45) is 11.8 Å². The highest BCUT2D eigenvalue weighted by molar-refractivity contribution is 9.10. The van der Waals surface area contributed by atoms with Crippen molar-refractivity contribution in [3.05, 3.63) is 40.9 Å². The van der Waals surface area contributed by atoms with Gasteiger partial charge in [0.15, 0.2) is 0 Å². The first-order chi connectivity index (χ1) is 11.6. The number of allylic oxidation sites excluding steroid dienone is 2. The lowest BCUT2D eigenvalue weighted by Gasteiger charge is -2.14. The van der Waals surface area contributed by atoms with Crippen molar-refractivity contribution in [1.29, 1.82) is 0 Å². The van der Waals surface area contributed by atoms with Crippen molar-refractivity contribution < 1.29 is 14.4 Å². The lowest BCUT2D eigenvalue weighted by Crippen LogP contribution is -2.32. The third kappa shape index (κ3) is 3.43. The van der Waals surface area contributed by atoms with E-state index in [4.69, 9.17) is 0 Å². The van der Waals surface area contributed by atoms with Gasteiger partial charge in [-0.25, -0.2) is 0 Å². The molecule has 0 saturated carbocycles. The summed E-state index contributed by atoms with van der Waals surface area (Å²) in [5, 5.41) is 2.82. The number of nitrogens with zero attached hydrogens (tertiary/aromatic N) is 1. The molecule has 2 aliphatic rings. The van der Waals surface area contributed by atoms with Gasteiger partial charge in [0.2, 0.25) is 17.7 Å². The summed E-state index contributed by atoms with van der Waals surface area (Å²) in [7, 11) is 0. The van der Waals surface area contributed by atoms with Crippen molar-refractivity contribution in [3.8, 4) is 0 Å². The van der Waals surface area contributed by atoms with Gasteiger partial charge in [0.1, 0.15) is 0 Å². The Morgan fingerprint density at radius 1 is 1.12 bits per heavy atom. The van der Waals surface area contributed by atoms with Crippen LogP contribution in [0.4, 0.5) is 5.69 Å². The minimum Gasteiger partial charge on any atom is -0.325 e. The van der Waals surface area contributed by atoms with Crippen LogP contribution >= 0.6 is 15.9 Å². The Kier molecular flexibility index (Phi) is 5.14. The fraction of sp³-hybridized carbons (Fsp3) is 0.389. The summed E-state index contributed by atoms with van der Waals surface area (Å²) in [6.07, 6.45) is 5.98. The molecular weight excluding hydrogens is 372 g/mol. The van der Waals surface area contributed by atoms with Crippen molar-refractivity contribution in [2.45, 2.75) is 25.7 Å². The van der Waals surface area contributed by atoms with E-state index in [9.17, 15) is 14.4 Å². The molecule has 1 fully saturated rings. The van der Waals surface area contributed by atoms with E-state index in [1.165, 1.54) is 4.90 Å². The van der Waals surface area contributed by atoms with Crippen molar-refractivity contribution >= 4 is 39.3 Å². The summed E-state index contributed by atoms with van der Waals surface area (Å²) >= 11 is 3.38. The average Bonchev–Trinajstić information content (AvgIpc) is 2.82. The van der Waals surface area contributed by atoms with E-state index in [1.54, 1.807) is 0 Å². The largest absolute Gasteiger partial charge is 0.325 e. The lowest BCUT2D eigenvalue weighted by atomic mass is 9.85. The Morgan fingerprint density at radius 2 is 1.75 bits per heavy atom. The number of carbonyl (C=O) groups is 3. The van der Waals surface area contributed by atoms with Gasteiger partial charge in [0.05, 0.1) is 17.5 Å². The Labute approximate surface area is 149 Å². The van der Waals surface area contributed by atoms with Gasteiger partial charge in [-0.2, -0.15) is 0 Å². The molecule has 6 heteroatoms. The predicted molar refractivity (Wildman–Crippen MR) is 94.1 cm³/mol. The number of amides is 3. The molecule has 24 heavy (non-hydrogen) atoms. The number of fused-ring (bicyclic) bond motifs is 1. The van der Waals surface area contributed by atoms with Crippen LogP contribution in [0.2, 0.25) is 0 Å². The van der Waals surface area contributed by atoms with Gasteiger partial charge in [-0.05, 0) is 47.3 Å². The van der Waals surface area contributed by atoms with Gasteiger partial charge >= 0.3 is 0 Å². The molecule has 1 aromatic rings. The molecule has 1 saturated heterocycles. The number of carbonyl (C=O) groups excluding carboxylic acids is 3. The van der Waals surface area contributed by atoms with Crippen LogP contribution in [0.3, 0.4) is 0 Å². The molecule has 1 aliphatic heterocycles. The average molecular weight is 391 g/mol. The SMILES string of the molecule is O=C(CCCN1C(=O)[C@@H]2CC=CC[C@H]2C1=O)Nc1ccccc1Br. The van der Waals surface area contributed by atoms with Gasteiger partial charge in [-0.1, -0.05) is 24.3 Å². The summed E-state index contributed by atoms with van der Waals surface area (Å²) < 4.78 is 0.819. The number of para-hydroxylation sites is 1. The molecule has 1 N–H and O–H groups in total. The maximum atomic E-state index is 12.3. The Hall–Kier alpha value is -1.95. The minimum absolute atomic E-state index is 0.0828. The summed E-state index contributed by atoms with van der Waals surface area (Å²) in [5.41, 5.74) is 0.716. The molecule has 1 aromatic carbocycles. The molecule has 1 aliphatic carbocycles. The van der Waals surface area contributed by atoms with E-state index in [-0.39, 0.29) is 36.0 Å². The highest BCUT2D eigenvalue weighted by Gasteiger charge is 2.46. The third-order valence-electron chi connectivity index (χ3n) is 4.53. The number of likely N-dealkylation sites (tertiary alicyclic amines) is 1. The third-order valence-corrected chi connectivity index (χ3v) is 5.22. The van der Waals surface area contributed by atoms with Crippen LogP contribution in [0, 0.1) is 11.8 Å². The van der Waals surface area contributed by atoms with Crippen LogP contribution in [-0.2, 0) is 14.4 Å². The highest BCUT2D eigenvalue weighted by atomic mass is 79.9. The second-order valence-electron chi connectivity index (χ2n) is 6.12. The smallest absolute Gasteiger partial charge is 0.233 e. The number of anilines is 1. The Bertz CT molecular complexity index is 675. The zero-order valence-electron chi connectivity index (χ0n) is 13.2. The second-order valence-corrected chi connectivity index (χ2v) is 6.97. The molecule has 3 rings (SSSR count). The topological polar surface area (TPSA) is 66.5 Å². The molecule has 0 spiro atoms.